The van der Waals surface area contributed by atoms with E-state index >= 15 is 0 Å². The first-order valence-corrected chi connectivity index (χ1v) is 6.00. The summed E-state index contributed by atoms with van der Waals surface area (Å²) in [5, 5.41) is 3.98. The number of carbonyl (C=O) groups is 2. The summed E-state index contributed by atoms with van der Waals surface area (Å²) >= 11 is 0. The molecule has 0 aliphatic rings. The molecule has 0 heterocycles. The maximum absolute atomic E-state index is 12.3. The summed E-state index contributed by atoms with van der Waals surface area (Å²) in [4.78, 5) is 23.7. The van der Waals surface area contributed by atoms with Gasteiger partial charge in [-0.1, -0.05) is 48.5 Å². The number of aliphatic carboxylic acids is 1. The summed E-state index contributed by atoms with van der Waals surface area (Å²) in [5.41, 5.74) is 1.77. The lowest BCUT2D eigenvalue weighted by Crippen LogP contribution is -2.09. The van der Waals surface area contributed by atoms with Crippen molar-refractivity contribution in [3.05, 3.63) is 71.3 Å². The number of carboxylic acids is 1. The van der Waals surface area contributed by atoms with E-state index in [0.717, 1.165) is 0 Å². The van der Waals surface area contributed by atoms with Crippen molar-refractivity contribution in [2.45, 2.75) is 12.8 Å². The number of rotatable bonds is 4. The van der Waals surface area contributed by atoms with Gasteiger partial charge in [0.2, 0.25) is 0 Å². The molecule has 0 bridgehead atoms. The normalized spacial score (nSPS) is 12.4. The van der Waals surface area contributed by atoms with Crippen molar-refractivity contribution in [2.75, 3.05) is 0 Å². The lowest BCUT2D eigenvalue weighted by molar-refractivity contribution is -0.138. The second-order valence-electron chi connectivity index (χ2n) is 4.36. The van der Waals surface area contributed by atoms with Gasteiger partial charge in [0, 0.05) is 11.1 Å². The molecule has 2 aromatic rings. The van der Waals surface area contributed by atoms with Gasteiger partial charge in [-0.05, 0) is 18.6 Å². The van der Waals surface area contributed by atoms with E-state index in [2.05, 4.69) is 5.11 Å². The molecular weight excluding hydrogens is 240 g/mol. The van der Waals surface area contributed by atoms with Gasteiger partial charge in [0.15, 0.2) is 5.78 Å². The molecule has 1 unspecified atom stereocenters. The smallest absolute Gasteiger partial charge is 0.310 e. The minimum atomic E-state index is -0.644. The average Bonchev–Trinajstić information content (AvgIpc) is 2.53. The van der Waals surface area contributed by atoms with Gasteiger partial charge in [-0.3, -0.25) is 9.59 Å². The Morgan fingerprint density at radius 1 is 1.05 bits per heavy atom. The first kappa shape index (κ1) is 11.7. The van der Waals surface area contributed by atoms with Crippen LogP contribution < -0.4 is 0 Å². The standard InChI is InChI=1S/C16H14O3/c1-11(16(18)19)13-8-5-9-14(10-13)15(17)12-6-3-2-4-7-12/h2-11H,1H3,(H,18,19)/i/hD. The third-order valence-electron chi connectivity index (χ3n) is 3.04. The van der Waals surface area contributed by atoms with Crippen LogP contribution in [-0.4, -0.2) is 16.9 Å². The predicted octanol–water partition coefficient (Wildman–Crippen LogP) is 3.11. The quantitative estimate of drug-likeness (QED) is 0.854. The highest BCUT2D eigenvalue weighted by molar-refractivity contribution is 6.09. The minimum absolute atomic E-state index is 0.0982. The summed E-state index contributed by atoms with van der Waals surface area (Å²) in [6.45, 7) is 1.64. The van der Waals surface area contributed by atoms with E-state index in [1.807, 2.05) is 6.07 Å². The minimum Gasteiger partial charge on any atom is -0.481 e. The second-order valence-corrected chi connectivity index (χ2v) is 4.36. The highest BCUT2D eigenvalue weighted by Gasteiger charge is 2.16. The number of ketones is 1. The van der Waals surface area contributed by atoms with Crippen LogP contribution >= 0.6 is 0 Å². The van der Waals surface area contributed by atoms with Crippen LogP contribution in [0.5, 0.6) is 0 Å². The van der Waals surface area contributed by atoms with Gasteiger partial charge in [0.1, 0.15) is 0 Å². The van der Waals surface area contributed by atoms with Gasteiger partial charge in [-0.15, -0.1) is 0 Å². The van der Waals surface area contributed by atoms with E-state index in [9.17, 15) is 9.59 Å². The monoisotopic (exact) mass is 255 g/mol. The molecule has 3 nitrogen and oxygen atoms in total. The number of benzene rings is 2. The van der Waals surface area contributed by atoms with E-state index in [0.29, 0.717) is 16.7 Å². The Bertz CT molecular complexity index is 623. The third kappa shape index (κ3) is 2.88. The lowest BCUT2D eigenvalue weighted by Gasteiger charge is -2.08. The van der Waals surface area contributed by atoms with E-state index in [1.165, 1.54) is 0 Å². The maximum atomic E-state index is 12.3. The molecule has 0 fully saturated rings. The van der Waals surface area contributed by atoms with E-state index in [-0.39, 0.29) is 5.78 Å². The van der Waals surface area contributed by atoms with Gasteiger partial charge in [-0.25, -0.2) is 0 Å². The fraction of sp³-hybridized carbons (Fsp3) is 0.125. The van der Waals surface area contributed by atoms with Crippen LogP contribution in [0.25, 0.3) is 1.43 Å². The molecule has 2 aromatic carbocycles. The third-order valence-corrected chi connectivity index (χ3v) is 3.04. The van der Waals surface area contributed by atoms with Crippen LogP contribution in [0, 0.1) is 0 Å². The van der Waals surface area contributed by atoms with E-state index in [1.54, 1.807) is 55.5 Å². The van der Waals surface area contributed by atoms with Crippen molar-refractivity contribution in [3.8, 4) is 0 Å². The summed E-state index contributed by atoms with van der Waals surface area (Å²) in [7, 11) is 0. The van der Waals surface area contributed by atoms with Crippen molar-refractivity contribution in [1.82, 2.24) is 0 Å². The summed E-state index contributed by atoms with van der Waals surface area (Å²) in [6, 6.07) is 15.8. The molecule has 96 valence electrons. The summed E-state index contributed by atoms with van der Waals surface area (Å²) in [6.07, 6.45) is 0. The molecular formula is C16H14O3. The lowest BCUT2D eigenvalue weighted by atomic mass is 9.96. The van der Waals surface area contributed by atoms with Crippen molar-refractivity contribution >= 4 is 11.8 Å². The SMILES string of the molecule is [2H]OC(=O)C(C)c1cccc(C(=O)c2ccccc2)c1. The van der Waals surface area contributed by atoms with Crippen molar-refractivity contribution in [1.29, 1.82) is 1.43 Å². The first-order valence-electron chi connectivity index (χ1n) is 6.41. The average molecular weight is 255 g/mol. The molecule has 0 aliphatic carbocycles. The van der Waals surface area contributed by atoms with Crippen molar-refractivity contribution in [2.24, 2.45) is 0 Å². The first-order chi connectivity index (χ1) is 9.63. The second kappa shape index (κ2) is 5.48. The van der Waals surface area contributed by atoms with Crippen molar-refractivity contribution < 1.29 is 14.7 Å². The topological polar surface area (TPSA) is 54.4 Å². The van der Waals surface area contributed by atoms with Gasteiger partial charge in [0.05, 0.1) is 5.92 Å². The summed E-state index contributed by atoms with van der Waals surface area (Å²) < 4.78 is 6.64. The molecule has 2 rings (SSSR count). The molecule has 0 saturated carbocycles. The van der Waals surface area contributed by atoms with Crippen LogP contribution in [0.3, 0.4) is 0 Å². The highest BCUT2D eigenvalue weighted by Crippen LogP contribution is 2.18. The Hall–Kier alpha value is -2.42. The highest BCUT2D eigenvalue weighted by atomic mass is 16.4. The molecule has 1 N–H and O–H groups in total. The molecule has 0 spiro atoms. The zero-order valence-corrected chi connectivity index (χ0v) is 10.5. The Kier molecular flexibility index (Phi) is 3.36. The van der Waals surface area contributed by atoms with Crippen LogP contribution in [0.15, 0.2) is 54.6 Å². The summed E-state index contributed by atoms with van der Waals surface area (Å²) in [5.74, 6) is -1.32. The fourth-order valence-corrected chi connectivity index (χ4v) is 1.84. The Balaban J connectivity index is 2.31. The maximum Gasteiger partial charge on any atom is 0.310 e. The van der Waals surface area contributed by atoms with Crippen LogP contribution in [-0.2, 0) is 4.79 Å². The molecule has 19 heavy (non-hydrogen) atoms. The fourth-order valence-electron chi connectivity index (χ4n) is 1.84. The molecule has 0 saturated heterocycles. The number of carbonyl (C=O) groups excluding carboxylic acids is 1. The Morgan fingerprint density at radius 3 is 2.42 bits per heavy atom. The largest absolute Gasteiger partial charge is 0.481 e. The molecule has 0 radical (unpaired) electrons. The molecule has 0 amide bonds. The van der Waals surface area contributed by atoms with Crippen LogP contribution in [0.2, 0.25) is 0 Å². The van der Waals surface area contributed by atoms with Crippen LogP contribution in [0.4, 0.5) is 0 Å². The number of hydrogen-bond donors (Lipinski definition) is 1. The van der Waals surface area contributed by atoms with E-state index < -0.39 is 11.9 Å². The van der Waals surface area contributed by atoms with Gasteiger partial charge >= 0.3 is 5.97 Å². The van der Waals surface area contributed by atoms with Crippen molar-refractivity contribution in [3.63, 3.8) is 0 Å². The molecule has 1 atom stereocenters. The predicted molar refractivity (Wildman–Crippen MR) is 72.4 cm³/mol. The van der Waals surface area contributed by atoms with Gasteiger partial charge < -0.3 is 5.11 Å². The zero-order chi connectivity index (χ0) is 14.5. The molecule has 0 aromatic heterocycles. The van der Waals surface area contributed by atoms with Gasteiger partial charge in [-0.2, -0.15) is 0 Å². The van der Waals surface area contributed by atoms with E-state index in [4.69, 9.17) is 1.43 Å². The zero-order valence-electron chi connectivity index (χ0n) is 11.5. The molecule has 3 heteroatoms. The van der Waals surface area contributed by atoms with Crippen LogP contribution in [0.1, 0.15) is 34.3 Å². The number of carboxylic acid groups (broad SMARTS) is 1. The van der Waals surface area contributed by atoms with Gasteiger partial charge in [0.25, 0.3) is 1.43 Å². The molecule has 0 aliphatic heterocycles. The Labute approximate surface area is 113 Å². The Morgan fingerprint density at radius 2 is 1.74 bits per heavy atom. The number of hydrogen-bond acceptors (Lipinski definition) is 3.